The zero-order valence-corrected chi connectivity index (χ0v) is 25.0. The smallest absolute Gasteiger partial charge is 0.323 e. The van der Waals surface area contributed by atoms with Gasteiger partial charge in [-0.25, -0.2) is 0 Å². The van der Waals surface area contributed by atoms with Crippen molar-refractivity contribution < 1.29 is 14.6 Å². The van der Waals surface area contributed by atoms with Gasteiger partial charge in [-0.05, 0) is 85.4 Å². The molecule has 0 aliphatic carbocycles. The molecular formula is C34H45N3O3. The van der Waals surface area contributed by atoms with Gasteiger partial charge in [0.25, 0.3) is 0 Å². The van der Waals surface area contributed by atoms with Crippen LogP contribution in [0.1, 0.15) is 85.5 Å². The maximum absolute atomic E-state index is 11.7. The average molecular weight is 544 g/mol. The molecule has 0 radical (unpaired) electrons. The molecule has 0 amide bonds. The number of aromatic nitrogens is 1. The molecule has 2 aromatic carbocycles. The topological polar surface area (TPSA) is 88.7 Å². The van der Waals surface area contributed by atoms with E-state index in [0.717, 1.165) is 41.1 Å². The Morgan fingerprint density at radius 2 is 1.70 bits per heavy atom. The molecule has 0 bridgehead atoms. The Bertz CT molecular complexity index is 1330. The number of hydrogen-bond donors (Lipinski definition) is 2. The van der Waals surface area contributed by atoms with Gasteiger partial charge in [0.1, 0.15) is 17.9 Å². The number of nitrogens with zero attached hydrogens (tertiary/aromatic N) is 2. The Hall–Kier alpha value is -3.22. The minimum Gasteiger partial charge on any atom is -0.489 e. The van der Waals surface area contributed by atoms with Gasteiger partial charge in [-0.3, -0.25) is 14.7 Å². The molecule has 3 N–H and O–H groups in total. The summed E-state index contributed by atoms with van der Waals surface area (Å²) in [5.74, 6) is 0.412. The molecule has 1 fully saturated rings. The summed E-state index contributed by atoms with van der Waals surface area (Å²) < 4.78 is 6.47. The third-order valence-corrected chi connectivity index (χ3v) is 8.50. The summed E-state index contributed by atoms with van der Waals surface area (Å²) in [5, 5.41) is 9.60. The molecule has 4 rings (SSSR count). The molecule has 6 heteroatoms. The van der Waals surface area contributed by atoms with Crippen molar-refractivity contribution in [1.29, 1.82) is 0 Å². The molecular weight excluding hydrogens is 498 g/mol. The minimum atomic E-state index is -1.14. The van der Waals surface area contributed by atoms with Crippen LogP contribution in [0.4, 0.5) is 0 Å². The van der Waals surface area contributed by atoms with E-state index >= 15 is 0 Å². The summed E-state index contributed by atoms with van der Waals surface area (Å²) >= 11 is 0. The van der Waals surface area contributed by atoms with Crippen LogP contribution >= 0.6 is 0 Å². The lowest BCUT2D eigenvalue weighted by Crippen LogP contribution is -2.55. The summed E-state index contributed by atoms with van der Waals surface area (Å²) in [6.45, 7) is 15.3. The van der Waals surface area contributed by atoms with Gasteiger partial charge in [0, 0.05) is 36.5 Å². The van der Waals surface area contributed by atoms with E-state index in [2.05, 4.69) is 88.9 Å². The fourth-order valence-electron chi connectivity index (χ4n) is 5.65. The number of aryl methyl sites for hydroxylation is 4. The third kappa shape index (κ3) is 6.39. The number of pyridine rings is 1. The second-order valence-corrected chi connectivity index (χ2v) is 11.6. The minimum absolute atomic E-state index is 0.423. The van der Waals surface area contributed by atoms with Crippen molar-refractivity contribution >= 4 is 5.97 Å². The molecule has 1 saturated heterocycles. The van der Waals surface area contributed by atoms with Gasteiger partial charge in [-0.2, -0.15) is 0 Å². The molecule has 6 nitrogen and oxygen atoms in total. The zero-order chi connectivity index (χ0) is 29.0. The van der Waals surface area contributed by atoms with Crippen molar-refractivity contribution in [2.45, 2.75) is 91.8 Å². The summed E-state index contributed by atoms with van der Waals surface area (Å²) in [4.78, 5) is 19.2. The van der Waals surface area contributed by atoms with E-state index < -0.39 is 11.5 Å². The molecule has 0 atom stereocenters. The van der Waals surface area contributed by atoms with E-state index in [1.807, 2.05) is 0 Å². The van der Waals surface area contributed by atoms with Crippen molar-refractivity contribution in [1.82, 2.24) is 9.88 Å². The summed E-state index contributed by atoms with van der Waals surface area (Å²) in [6, 6.07) is 15.2. The van der Waals surface area contributed by atoms with E-state index in [1.165, 1.54) is 27.8 Å². The second-order valence-electron chi connectivity index (χ2n) is 11.6. The van der Waals surface area contributed by atoms with Crippen LogP contribution in [-0.2, 0) is 30.8 Å². The Kier molecular flexibility index (Phi) is 9.32. The zero-order valence-electron chi connectivity index (χ0n) is 25.0. The molecule has 3 aromatic rings. The highest BCUT2D eigenvalue weighted by atomic mass is 16.5. The van der Waals surface area contributed by atoms with Gasteiger partial charge in [-0.1, -0.05) is 58.0 Å². The maximum atomic E-state index is 11.7. The first kappa shape index (κ1) is 29.8. The number of carboxylic acids is 1. The summed E-state index contributed by atoms with van der Waals surface area (Å²) in [5.41, 5.74) is 15.5. The molecule has 2 heterocycles. The Morgan fingerprint density at radius 3 is 2.27 bits per heavy atom. The number of piperidine rings is 1. The van der Waals surface area contributed by atoms with Crippen LogP contribution < -0.4 is 10.5 Å². The quantitative estimate of drug-likeness (QED) is 0.301. The number of benzene rings is 2. The molecule has 0 unspecified atom stereocenters. The average Bonchev–Trinajstić information content (AvgIpc) is 2.93. The molecule has 40 heavy (non-hydrogen) atoms. The molecule has 1 aliphatic heterocycles. The van der Waals surface area contributed by atoms with Crippen molar-refractivity contribution in [3.63, 3.8) is 0 Å². The molecule has 1 aliphatic rings. The van der Waals surface area contributed by atoms with E-state index in [9.17, 15) is 9.90 Å². The number of aliphatic carboxylic acids is 1. The monoisotopic (exact) mass is 543 g/mol. The van der Waals surface area contributed by atoms with Crippen LogP contribution in [0.25, 0.3) is 11.3 Å². The van der Waals surface area contributed by atoms with Gasteiger partial charge in [-0.15, -0.1) is 0 Å². The van der Waals surface area contributed by atoms with E-state index in [4.69, 9.17) is 15.5 Å². The number of nitrogens with two attached hydrogens (primary N) is 1. The SMILES string of the molecule is CCc1cccc(CC)c1-c1cc(CN2CCC(N)(C(=O)O)CC2)c(COc2cc(C(C)C)ccc2C)c(C)n1. The number of carboxylic acid groups (broad SMARTS) is 1. The van der Waals surface area contributed by atoms with E-state index in [0.29, 0.717) is 45.0 Å². The first-order chi connectivity index (χ1) is 19.1. The maximum Gasteiger partial charge on any atom is 0.323 e. The van der Waals surface area contributed by atoms with Crippen molar-refractivity contribution in [3.8, 4) is 17.0 Å². The van der Waals surface area contributed by atoms with Crippen LogP contribution in [0, 0.1) is 13.8 Å². The van der Waals surface area contributed by atoms with Gasteiger partial charge >= 0.3 is 5.97 Å². The highest BCUT2D eigenvalue weighted by molar-refractivity contribution is 5.78. The highest BCUT2D eigenvalue weighted by Gasteiger charge is 2.37. The lowest BCUT2D eigenvalue weighted by atomic mass is 9.88. The molecule has 1 aromatic heterocycles. The van der Waals surface area contributed by atoms with E-state index in [-0.39, 0.29) is 0 Å². The number of ether oxygens (including phenoxy) is 1. The molecule has 214 valence electrons. The Balaban J connectivity index is 1.72. The fourth-order valence-corrected chi connectivity index (χ4v) is 5.65. The second kappa shape index (κ2) is 12.5. The number of carbonyl (C=O) groups is 1. The summed E-state index contributed by atoms with van der Waals surface area (Å²) in [6.07, 6.45) is 2.75. The molecule has 0 saturated carbocycles. The van der Waals surface area contributed by atoms with Crippen LogP contribution in [0.2, 0.25) is 0 Å². The van der Waals surface area contributed by atoms with Gasteiger partial charge in [0.2, 0.25) is 0 Å². The number of likely N-dealkylation sites (tertiary alicyclic amines) is 1. The van der Waals surface area contributed by atoms with Gasteiger partial charge in [0.05, 0.1) is 5.69 Å². The largest absolute Gasteiger partial charge is 0.489 e. The third-order valence-electron chi connectivity index (χ3n) is 8.50. The number of rotatable bonds is 10. The standard InChI is InChI=1S/C34H45N3O3/c1-7-25-10-9-11-26(8-2)32(25)30-18-28(20-37-16-14-34(35,15-17-37)33(38)39)29(24(6)36-30)21-40-31-19-27(22(3)4)13-12-23(31)5/h9-13,18-19,22H,7-8,14-17,20-21,35H2,1-6H3,(H,38,39). The van der Waals surface area contributed by atoms with Crippen molar-refractivity contribution in [2.75, 3.05) is 13.1 Å². The van der Waals surface area contributed by atoms with Crippen LogP contribution in [0.15, 0.2) is 42.5 Å². The Labute approximate surface area is 239 Å². The lowest BCUT2D eigenvalue weighted by Gasteiger charge is -2.36. The highest BCUT2D eigenvalue weighted by Crippen LogP contribution is 2.32. The molecule has 0 spiro atoms. The normalized spacial score (nSPS) is 15.4. The Morgan fingerprint density at radius 1 is 1.05 bits per heavy atom. The van der Waals surface area contributed by atoms with Crippen LogP contribution in [0.3, 0.4) is 0 Å². The predicted molar refractivity (Wildman–Crippen MR) is 162 cm³/mol. The van der Waals surface area contributed by atoms with Crippen LogP contribution in [-0.4, -0.2) is 39.6 Å². The predicted octanol–water partition coefficient (Wildman–Crippen LogP) is 6.57. The van der Waals surface area contributed by atoms with Crippen molar-refractivity contribution in [2.24, 2.45) is 5.73 Å². The number of hydrogen-bond acceptors (Lipinski definition) is 5. The van der Waals surface area contributed by atoms with Crippen molar-refractivity contribution in [3.05, 3.63) is 81.5 Å². The van der Waals surface area contributed by atoms with Gasteiger partial charge in [0.15, 0.2) is 0 Å². The van der Waals surface area contributed by atoms with E-state index in [1.54, 1.807) is 0 Å². The lowest BCUT2D eigenvalue weighted by molar-refractivity contribution is -0.145. The fraction of sp³-hybridized carbons (Fsp3) is 0.471. The summed E-state index contributed by atoms with van der Waals surface area (Å²) in [7, 11) is 0. The first-order valence-corrected chi connectivity index (χ1v) is 14.6. The van der Waals surface area contributed by atoms with Gasteiger partial charge < -0.3 is 15.6 Å². The van der Waals surface area contributed by atoms with Crippen LogP contribution in [0.5, 0.6) is 5.75 Å². The first-order valence-electron chi connectivity index (χ1n) is 14.6.